The lowest BCUT2D eigenvalue weighted by molar-refractivity contribution is -0.119. The van der Waals surface area contributed by atoms with Crippen molar-refractivity contribution in [3.05, 3.63) is 11.7 Å². The van der Waals surface area contributed by atoms with Gasteiger partial charge in [0.15, 0.2) is 5.82 Å². The largest absolute Gasteiger partial charge is 0.355 e. The Morgan fingerprint density at radius 3 is 2.86 bits per heavy atom. The summed E-state index contributed by atoms with van der Waals surface area (Å²) in [6, 6.07) is 0. The van der Waals surface area contributed by atoms with Gasteiger partial charge >= 0.3 is 0 Å². The van der Waals surface area contributed by atoms with Crippen LogP contribution in [0.3, 0.4) is 0 Å². The van der Waals surface area contributed by atoms with E-state index in [9.17, 15) is 4.79 Å². The number of nitrogens with one attached hydrogen (secondary N) is 1. The van der Waals surface area contributed by atoms with Crippen LogP contribution in [0.25, 0.3) is 0 Å². The first kappa shape index (κ1) is 7.96. The molecule has 74 valence electrons. The molecule has 0 bridgehead atoms. The number of rotatable bonds is 2. The molecule has 1 saturated carbocycles. The molecule has 2 aliphatic rings. The molecule has 1 aliphatic carbocycles. The summed E-state index contributed by atoms with van der Waals surface area (Å²) >= 11 is 0. The second kappa shape index (κ2) is 2.80. The first-order valence-corrected chi connectivity index (χ1v) is 4.93. The van der Waals surface area contributed by atoms with E-state index in [1.165, 1.54) is 12.8 Å². The first-order chi connectivity index (χ1) is 6.83. The second-order valence-electron chi connectivity index (χ2n) is 3.97. The van der Waals surface area contributed by atoms with Crippen molar-refractivity contribution in [2.45, 2.75) is 31.1 Å². The highest BCUT2D eigenvalue weighted by molar-refractivity contribution is 5.79. The summed E-state index contributed by atoms with van der Waals surface area (Å²) in [5, 5.41) is 6.68. The van der Waals surface area contributed by atoms with Crippen LogP contribution in [0.4, 0.5) is 0 Å². The number of carbonyl (C=O) groups excluding carboxylic acids is 1. The van der Waals surface area contributed by atoms with Crippen LogP contribution in [-0.4, -0.2) is 22.6 Å². The Morgan fingerprint density at radius 2 is 2.21 bits per heavy atom. The van der Waals surface area contributed by atoms with Crippen LogP contribution in [0, 0.1) is 0 Å². The lowest BCUT2D eigenvalue weighted by Gasteiger charge is -1.96. The summed E-state index contributed by atoms with van der Waals surface area (Å²) < 4.78 is 5.14. The monoisotopic (exact) mass is 193 g/mol. The van der Waals surface area contributed by atoms with Crippen molar-refractivity contribution < 1.29 is 9.32 Å². The van der Waals surface area contributed by atoms with Crippen LogP contribution in [0.1, 0.15) is 42.8 Å². The summed E-state index contributed by atoms with van der Waals surface area (Å²) in [6.07, 6.45) is 2.81. The minimum absolute atomic E-state index is 0.0705. The average Bonchev–Trinajstić information content (AvgIpc) is 2.76. The second-order valence-corrected chi connectivity index (χ2v) is 3.97. The normalized spacial score (nSPS) is 26.6. The predicted molar refractivity (Wildman–Crippen MR) is 46.6 cm³/mol. The van der Waals surface area contributed by atoms with E-state index in [-0.39, 0.29) is 11.8 Å². The van der Waals surface area contributed by atoms with E-state index < -0.39 is 0 Å². The Morgan fingerprint density at radius 1 is 1.36 bits per heavy atom. The van der Waals surface area contributed by atoms with Crippen molar-refractivity contribution in [1.29, 1.82) is 0 Å². The van der Waals surface area contributed by atoms with Crippen molar-refractivity contribution in [3.8, 4) is 0 Å². The fourth-order valence-corrected chi connectivity index (χ4v) is 1.70. The van der Waals surface area contributed by atoms with E-state index in [1.807, 2.05) is 0 Å². The molecule has 14 heavy (non-hydrogen) atoms. The van der Waals surface area contributed by atoms with Crippen LogP contribution in [0.15, 0.2) is 4.52 Å². The van der Waals surface area contributed by atoms with Gasteiger partial charge in [0.05, 0.1) is 5.92 Å². The molecule has 2 heterocycles. The zero-order valence-electron chi connectivity index (χ0n) is 7.69. The lowest BCUT2D eigenvalue weighted by Crippen LogP contribution is -2.13. The van der Waals surface area contributed by atoms with E-state index in [2.05, 4.69) is 15.5 Å². The van der Waals surface area contributed by atoms with Gasteiger partial charge in [-0.05, 0) is 12.8 Å². The van der Waals surface area contributed by atoms with Gasteiger partial charge in [-0.3, -0.25) is 4.79 Å². The maximum Gasteiger partial charge on any atom is 0.232 e. The molecule has 0 radical (unpaired) electrons. The van der Waals surface area contributed by atoms with E-state index in [4.69, 9.17) is 4.52 Å². The van der Waals surface area contributed by atoms with E-state index in [1.54, 1.807) is 0 Å². The number of nitrogens with zero attached hydrogens (tertiary/aromatic N) is 2. The maximum atomic E-state index is 11.0. The molecule has 0 unspecified atom stereocenters. The van der Waals surface area contributed by atoms with Gasteiger partial charge < -0.3 is 9.84 Å². The SMILES string of the molecule is O=C1C[C@@H](c2nc(C3CC3)no2)CN1. The fraction of sp³-hybridized carbons (Fsp3) is 0.667. The van der Waals surface area contributed by atoms with Gasteiger partial charge in [-0.25, -0.2) is 0 Å². The van der Waals surface area contributed by atoms with Crippen molar-refractivity contribution in [1.82, 2.24) is 15.5 Å². The Kier molecular flexibility index (Phi) is 1.59. The van der Waals surface area contributed by atoms with Crippen LogP contribution < -0.4 is 5.32 Å². The Balaban J connectivity index is 1.78. The van der Waals surface area contributed by atoms with Gasteiger partial charge in [-0.15, -0.1) is 0 Å². The lowest BCUT2D eigenvalue weighted by atomic mass is 10.1. The molecule has 1 aromatic rings. The molecular formula is C9H11N3O2. The number of carbonyl (C=O) groups is 1. The molecule has 1 aromatic heterocycles. The van der Waals surface area contributed by atoms with Gasteiger partial charge in [-0.2, -0.15) is 4.98 Å². The van der Waals surface area contributed by atoms with E-state index in [0.717, 1.165) is 5.82 Å². The third kappa shape index (κ3) is 1.29. The summed E-state index contributed by atoms with van der Waals surface area (Å²) in [6.45, 7) is 0.630. The Labute approximate surface area is 80.9 Å². The number of hydrogen-bond donors (Lipinski definition) is 1. The highest BCUT2D eigenvalue weighted by Gasteiger charge is 2.32. The molecule has 5 heteroatoms. The van der Waals surface area contributed by atoms with Crippen LogP contribution in [0.2, 0.25) is 0 Å². The van der Waals surface area contributed by atoms with Crippen molar-refractivity contribution in [3.63, 3.8) is 0 Å². The molecule has 0 spiro atoms. The standard InChI is InChI=1S/C9H11N3O2/c13-7-3-6(4-10-7)9-11-8(12-14-9)5-1-2-5/h5-6H,1-4H2,(H,10,13)/t6-/m1/s1. The summed E-state index contributed by atoms with van der Waals surface area (Å²) in [7, 11) is 0. The van der Waals surface area contributed by atoms with Crippen molar-refractivity contribution in [2.75, 3.05) is 6.54 Å². The average molecular weight is 193 g/mol. The Hall–Kier alpha value is -1.39. The quantitative estimate of drug-likeness (QED) is 0.744. The van der Waals surface area contributed by atoms with E-state index >= 15 is 0 Å². The van der Waals surface area contributed by atoms with Gasteiger partial charge in [0.25, 0.3) is 0 Å². The number of amides is 1. The third-order valence-corrected chi connectivity index (χ3v) is 2.73. The van der Waals surface area contributed by atoms with Gasteiger partial charge in [0.2, 0.25) is 11.8 Å². The summed E-state index contributed by atoms with van der Waals surface area (Å²) in [5.41, 5.74) is 0. The summed E-state index contributed by atoms with van der Waals surface area (Å²) in [4.78, 5) is 15.3. The molecule has 1 aliphatic heterocycles. The summed E-state index contributed by atoms with van der Waals surface area (Å²) in [5.74, 6) is 2.10. The third-order valence-electron chi connectivity index (χ3n) is 2.73. The molecular weight excluding hydrogens is 182 g/mol. The zero-order valence-corrected chi connectivity index (χ0v) is 7.69. The van der Waals surface area contributed by atoms with Crippen molar-refractivity contribution >= 4 is 5.91 Å². The molecule has 2 fully saturated rings. The van der Waals surface area contributed by atoms with Crippen LogP contribution in [-0.2, 0) is 4.79 Å². The van der Waals surface area contributed by atoms with Crippen LogP contribution >= 0.6 is 0 Å². The number of aromatic nitrogens is 2. The molecule has 5 nitrogen and oxygen atoms in total. The molecule has 3 rings (SSSR count). The smallest absolute Gasteiger partial charge is 0.232 e. The van der Waals surface area contributed by atoms with Gasteiger partial charge in [-0.1, -0.05) is 5.16 Å². The van der Waals surface area contributed by atoms with E-state index in [0.29, 0.717) is 24.8 Å². The molecule has 1 amide bonds. The van der Waals surface area contributed by atoms with Crippen molar-refractivity contribution in [2.24, 2.45) is 0 Å². The first-order valence-electron chi connectivity index (χ1n) is 4.93. The zero-order chi connectivity index (χ0) is 9.54. The number of hydrogen-bond acceptors (Lipinski definition) is 4. The van der Waals surface area contributed by atoms with Gasteiger partial charge in [0, 0.05) is 18.9 Å². The predicted octanol–water partition coefficient (Wildman–Crippen LogP) is 0.550. The maximum absolute atomic E-state index is 11.0. The fourth-order valence-electron chi connectivity index (χ4n) is 1.70. The van der Waals surface area contributed by atoms with Crippen LogP contribution in [0.5, 0.6) is 0 Å². The highest BCUT2D eigenvalue weighted by Crippen LogP contribution is 2.38. The molecule has 0 aromatic carbocycles. The minimum Gasteiger partial charge on any atom is -0.355 e. The molecule has 1 atom stereocenters. The topological polar surface area (TPSA) is 68.0 Å². The Bertz CT molecular complexity index is 370. The van der Waals surface area contributed by atoms with Gasteiger partial charge in [0.1, 0.15) is 0 Å². The minimum atomic E-state index is 0.0705. The highest BCUT2D eigenvalue weighted by atomic mass is 16.5. The molecule has 1 N–H and O–H groups in total. The molecule has 1 saturated heterocycles.